The van der Waals surface area contributed by atoms with Crippen molar-refractivity contribution in [2.75, 3.05) is 0 Å². The number of hydrogen-bond donors (Lipinski definition) is 0. The minimum atomic E-state index is -2.54. The minimum absolute atomic E-state index is 0.0602. The Labute approximate surface area is 61.7 Å². The quantitative estimate of drug-likeness (QED) is 0.620. The van der Waals surface area contributed by atoms with Gasteiger partial charge in [-0.05, 0) is 6.07 Å². The molecular formula is C6H4ClF2N. The van der Waals surface area contributed by atoms with Crippen LogP contribution in [0, 0.1) is 0 Å². The number of pyridine rings is 1. The predicted molar refractivity (Wildman–Crippen MR) is 34.2 cm³/mol. The molecule has 1 nitrogen and oxygen atoms in total. The minimum Gasteiger partial charge on any atom is -0.264 e. The topological polar surface area (TPSA) is 12.9 Å². The highest BCUT2D eigenvalue weighted by Crippen LogP contribution is 2.24. The van der Waals surface area contributed by atoms with Gasteiger partial charge in [-0.15, -0.1) is 0 Å². The summed E-state index contributed by atoms with van der Waals surface area (Å²) < 4.78 is 23.8. The van der Waals surface area contributed by atoms with E-state index in [-0.39, 0.29) is 10.6 Å². The molecule has 0 N–H and O–H groups in total. The zero-order valence-electron chi connectivity index (χ0n) is 4.89. The lowest BCUT2D eigenvalue weighted by atomic mass is 10.3. The van der Waals surface area contributed by atoms with Crippen LogP contribution in [0.25, 0.3) is 0 Å². The standard InChI is InChI=1S/C6H4ClF2N/c7-5-1-2-10-3-4(5)6(8)9/h1-3,6H. The molecule has 0 saturated heterocycles. The van der Waals surface area contributed by atoms with Crippen molar-refractivity contribution in [1.82, 2.24) is 4.98 Å². The number of hydrogen-bond acceptors (Lipinski definition) is 1. The molecule has 0 radical (unpaired) electrons. The van der Waals surface area contributed by atoms with Crippen molar-refractivity contribution in [3.8, 4) is 0 Å². The highest BCUT2D eigenvalue weighted by Gasteiger charge is 2.10. The number of rotatable bonds is 1. The number of halogens is 3. The normalized spacial score (nSPS) is 10.4. The number of nitrogens with zero attached hydrogens (tertiary/aromatic N) is 1. The third-order valence-electron chi connectivity index (χ3n) is 1.03. The summed E-state index contributed by atoms with van der Waals surface area (Å²) in [5.74, 6) is 0. The summed E-state index contributed by atoms with van der Waals surface area (Å²) in [6.45, 7) is 0. The van der Waals surface area contributed by atoms with E-state index in [1.807, 2.05) is 0 Å². The van der Waals surface area contributed by atoms with Gasteiger partial charge >= 0.3 is 0 Å². The van der Waals surface area contributed by atoms with Gasteiger partial charge in [0, 0.05) is 12.4 Å². The lowest BCUT2D eigenvalue weighted by Crippen LogP contribution is -1.85. The van der Waals surface area contributed by atoms with Crippen LogP contribution >= 0.6 is 11.6 Å². The molecule has 0 atom stereocenters. The third kappa shape index (κ3) is 1.42. The molecule has 1 rings (SSSR count). The molecule has 0 aliphatic rings. The van der Waals surface area contributed by atoms with Crippen molar-refractivity contribution < 1.29 is 8.78 Å². The molecule has 10 heavy (non-hydrogen) atoms. The molecule has 0 aromatic carbocycles. The molecule has 0 bridgehead atoms. The SMILES string of the molecule is FC(F)c1cnccc1Cl. The lowest BCUT2D eigenvalue weighted by molar-refractivity contribution is 0.151. The second kappa shape index (κ2) is 2.92. The summed E-state index contributed by atoms with van der Waals surface area (Å²) in [6, 6.07) is 1.34. The summed E-state index contributed by atoms with van der Waals surface area (Å²) in [6.07, 6.45) is -0.109. The average Bonchev–Trinajstić information content (AvgIpc) is 1.88. The summed E-state index contributed by atoms with van der Waals surface area (Å²) in [5.41, 5.74) is -0.218. The fraction of sp³-hybridized carbons (Fsp3) is 0.167. The molecule has 0 spiro atoms. The van der Waals surface area contributed by atoms with E-state index in [0.29, 0.717) is 0 Å². The smallest absolute Gasteiger partial charge is 0.264 e. The Kier molecular flexibility index (Phi) is 2.17. The summed E-state index contributed by atoms with van der Waals surface area (Å²) in [4.78, 5) is 3.50. The largest absolute Gasteiger partial charge is 0.266 e. The summed E-state index contributed by atoms with van der Waals surface area (Å²) in [5, 5.41) is 0.0602. The fourth-order valence-electron chi connectivity index (χ4n) is 0.550. The molecule has 0 fully saturated rings. The van der Waals surface area contributed by atoms with Crippen molar-refractivity contribution in [3.05, 3.63) is 29.0 Å². The van der Waals surface area contributed by atoms with Crippen LogP contribution in [0.1, 0.15) is 12.0 Å². The zero-order chi connectivity index (χ0) is 7.56. The number of alkyl halides is 2. The Morgan fingerprint density at radius 1 is 1.50 bits per heavy atom. The van der Waals surface area contributed by atoms with Crippen LogP contribution < -0.4 is 0 Å². The van der Waals surface area contributed by atoms with Crippen LogP contribution in [0.5, 0.6) is 0 Å². The highest BCUT2D eigenvalue weighted by atomic mass is 35.5. The third-order valence-corrected chi connectivity index (χ3v) is 1.38. The van der Waals surface area contributed by atoms with Gasteiger partial charge in [0.2, 0.25) is 0 Å². The first-order valence-corrected chi connectivity index (χ1v) is 2.97. The second-order valence-electron chi connectivity index (χ2n) is 1.70. The molecule has 1 heterocycles. The van der Waals surface area contributed by atoms with Crippen LogP contribution in [0.4, 0.5) is 8.78 Å². The van der Waals surface area contributed by atoms with E-state index in [1.165, 1.54) is 12.3 Å². The molecule has 1 aromatic heterocycles. The summed E-state index contributed by atoms with van der Waals surface area (Å²) >= 11 is 5.40. The van der Waals surface area contributed by atoms with Gasteiger partial charge in [0.1, 0.15) is 0 Å². The maximum absolute atomic E-state index is 11.9. The van der Waals surface area contributed by atoms with Crippen LogP contribution in [0.3, 0.4) is 0 Å². The Morgan fingerprint density at radius 3 is 2.60 bits per heavy atom. The van der Waals surface area contributed by atoms with Crippen LogP contribution in [-0.4, -0.2) is 4.98 Å². The summed E-state index contributed by atoms with van der Waals surface area (Å²) in [7, 11) is 0. The van der Waals surface area contributed by atoms with Gasteiger partial charge < -0.3 is 0 Å². The van der Waals surface area contributed by atoms with Gasteiger partial charge in [-0.1, -0.05) is 11.6 Å². The first-order chi connectivity index (χ1) is 4.72. The average molecular weight is 164 g/mol. The van der Waals surface area contributed by atoms with Gasteiger partial charge in [-0.3, -0.25) is 4.98 Å². The van der Waals surface area contributed by atoms with Gasteiger partial charge in [0.05, 0.1) is 10.6 Å². The monoisotopic (exact) mass is 163 g/mol. The van der Waals surface area contributed by atoms with Gasteiger partial charge in [0.15, 0.2) is 0 Å². The molecule has 0 aliphatic heterocycles. The van der Waals surface area contributed by atoms with E-state index in [1.54, 1.807) is 0 Å². The highest BCUT2D eigenvalue weighted by molar-refractivity contribution is 6.31. The first kappa shape index (κ1) is 7.41. The van der Waals surface area contributed by atoms with E-state index in [9.17, 15) is 8.78 Å². The Bertz CT molecular complexity index is 227. The van der Waals surface area contributed by atoms with Crippen molar-refractivity contribution in [2.45, 2.75) is 6.43 Å². The van der Waals surface area contributed by atoms with Gasteiger partial charge in [-0.25, -0.2) is 8.78 Å². The molecular weight excluding hydrogens is 160 g/mol. The van der Waals surface area contributed by atoms with Crippen LogP contribution in [-0.2, 0) is 0 Å². The van der Waals surface area contributed by atoms with Crippen molar-refractivity contribution in [1.29, 1.82) is 0 Å². The Balaban J connectivity index is 3.03. The molecule has 0 amide bonds. The molecule has 4 heteroatoms. The first-order valence-electron chi connectivity index (χ1n) is 2.59. The van der Waals surface area contributed by atoms with Gasteiger partial charge in [0.25, 0.3) is 6.43 Å². The molecule has 0 unspecified atom stereocenters. The van der Waals surface area contributed by atoms with Crippen molar-refractivity contribution in [3.63, 3.8) is 0 Å². The Hall–Kier alpha value is -0.700. The van der Waals surface area contributed by atoms with E-state index in [0.717, 1.165) is 6.20 Å². The zero-order valence-corrected chi connectivity index (χ0v) is 5.65. The Morgan fingerprint density at radius 2 is 2.20 bits per heavy atom. The predicted octanol–water partition coefficient (Wildman–Crippen LogP) is 2.67. The lowest BCUT2D eigenvalue weighted by Gasteiger charge is -1.98. The molecule has 0 aliphatic carbocycles. The maximum atomic E-state index is 11.9. The van der Waals surface area contributed by atoms with Crippen LogP contribution in [0.15, 0.2) is 18.5 Å². The van der Waals surface area contributed by atoms with Crippen molar-refractivity contribution >= 4 is 11.6 Å². The van der Waals surface area contributed by atoms with Gasteiger partial charge in [-0.2, -0.15) is 0 Å². The second-order valence-corrected chi connectivity index (χ2v) is 2.11. The van der Waals surface area contributed by atoms with E-state index >= 15 is 0 Å². The number of aromatic nitrogens is 1. The van der Waals surface area contributed by atoms with E-state index in [4.69, 9.17) is 11.6 Å². The maximum Gasteiger partial charge on any atom is 0.266 e. The van der Waals surface area contributed by atoms with E-state index in [2.05, 4.69) is 4.98 Å². The van der Waals surface area contributed by atoms with E-state index < -0.39 is 6.43 Å². The van der Waals surface area contributed by atoms with Crippen LogP contribution in [0.2, 0.25) is 5.02 Å². The molecule has 0 saturated carbocycles. The molecule has 1 aromatic rings. The fourth-order valence-corrected chi connectivity index (χ4v) is 0.738. The van der Waals surface area contributed by atoms with Crippen molar-refractivity contribution in [2.24, 2.45) is 0 Å². The molecule has 54 valence electrons.